The zero-order chi connectivity index (χ0) is 59.6. The number of hydrogen-bond acceptors (Lipinski definition) is 8. The number of carbonyl (C=O) groups excluding carboxylic acids is 4. The van der Waals surface area contributed by atoms with Crippen LogP contribution < -0.4 is 20.4 Å². The summed E-state index contributed by atoms with van der Waals surface area (Å²) in [4.78, 5) is 40.8. The predicted octanol–water partition coefficient (Wildman–Crippen LogP) is 18.2. The van der Waals surface area contributed by atoms with E-state index in [0.717, 1.165) is 128 Å². The average Bonchev–Trinajstić information content (AvgIpc) is 3.43. The molecule has 464 valence electrons. The molecular formula is C72H124O8Ti. The van der Waals surface area contributed by atoms with Crippen molar-refractivity contribution in [3.8, 4) is 0 Å². The van der Waals surface area contributed by atoms with Gasteiger partial charge in [0.25, 0.3) is 0 Å². The molecule has 0 saturated carbocycles. The van der Waals surface area contributed by atoms with Gasteiger partial charge in [-0.25, -0.2) is 0 Å². The van der Waals surface area contributed by atoms with Crippen molar-refractivity contribution in [2.24, 2.45) is 0 Å². The summed E-state index contributed by atoms with van der Waals surface area (Å²) in [7, 11) is 0. The topological polar surface area (TPSA) is 161 Å². The normalized spacial score (nSPS) is 11.5. The van der Waals surface area contributed by atoms with Crippen LogP contribution in [0.15, 0.2) is 97.2 Å². The summed E-state index contributed by atoms with van der Waals surface area (Å²) in [6.45, 7) is 8.93. The smallest absolute Gasteiger partial charge is 0.550 e. The fraction of sp³-hybridized carbons (Fsp3) is 0.722. The van der Waals surface area contributed by atoms with Crippen molar-refractivity contribution in [2.75, 3.05) is 0 Å². The summed E-state index contributed by atoms with van der Waals surface area (Å²) in [6.07, 6.45) is 87.8. The van der Waals surface area contributed by atoms with Crippen LogP contribution in [0.1, 0.15) is 336 Å². The summed E-state index contributed by atoms with van der Waals surface area (Å²) >= 11 is 0. The number of allylic oxidation sites excluding steroid dienone is 16. The van der Waals surface area contributed by atoms with Gasteiger partial charge >= 0.3 is 21.7 Å². The number of carboxylic acids is 4. The van der Waals surface area contributed by atoms with E-state index in [4.69, 9.17) is 0 Å². The second-order valence-electron chi connectivity index (χ2n) is 21.4. The first kappa shape index (κ1) is 86.3. The first-order chi connectivity index (χ1) is 39.1. The minimum atomic E-state index is -0.921. The van der Waals surface area contributed by atoms with E-state index in [1.54, 1.807) is 0 Å². The Morgan fingerprint density at radius 2 is 0.346 bits per heavy atom. The Morgan fingerprint density at radius 3 is 0.494 bits per heavy atom. The van der Waals surface area contributed by atoms with Crippen molar-refractivity contribution in [1.29, 1.82) is 0 Å². The van der Waals surface area contributed by atoms with Gasteiger partial charge in [-0.3, -0.25) is 0 Å². The molecule has 0 saturated heterocycles. The number of carbonyl (C=O) groups is 4. The second kappa shape index (κ2) is 83.0. The van der Waals surface area contributed by atoms with Crippen LogP contribution in [-0.4, -0.2) is 23.9 Å². The number of hydrogen-bond donors (Lipinski definition) is 0. The van der Waals surface area contributed by atoms with E-state index in [1.165, 1.54) is 154 Å². The summed E-state index contributed by atoms with van der Waals surface area (Å²) in [5.74, 6) is -3.68. The molecule has 0 heterocycles. The average molecular weight is 1170 g/mol. The maximum atomic E-state index is 10.2. The van der Waals surface area contributed by atoms with Gasteiger partial charge in [0.05, 0.1) is 0 Å². The minimum Gasteiger partial charge on any atom is -0.550 e. The van der Waals surface area contributed by atoms with Crippen LogP contribution in [0.25, 0.3) is 0 Å². The fourth-order valence-electron chi connectivity index (χ4n) is 8.32. The van der Waals surface area contributed by atoms with E-state index >= 15 is 0 Å². The Hall–Kier alpha value is -3.49. The first-order valence-electron chi connectivity index (χ1n) is 33.1. The molecule has 0 aliphatic carbocycles. The molecule has 0 bridgehead atoms. The van der Waals surface area contributed by atoms with Gasteiger partial charge in [0.1, 0.15) is 0 Å². The molecule has 0 aromatic carbocycles. The molecule has 0 aliphatic heterocycles. The van der Waals surface area contributed by atoms with Gasteiger partial charge in [-0.1, -0.05) is 253 Å². The molecule has 0 aromatic rings. The zero-order valence-electron chi connectivity index (χ0n) is 52.9. The molecule has 0 unspecified atom stereocenters. The van der Waals surface area contributed by atoms with Crippen molar-refractivity contribution >= 4 is 23.9 Å². The van der Waals surface area contributed by atoms with Crippen LogP contribution >= 0.6 is 0 Å². The molecule has 0 rings (SSSR count). The monoisotopic (exact) mass is 1160 g/mol. The summed E-state index contributed by atoms with van der Waals surface area (Å²) in [5, 5.41) is 40.8. The van der Waals surface area contributed by atoms with Gasteiger partial charge < -0.3 is 39.6 Å². The molecular weight excluding hydrogens is 1040 g/mol. The Labute approximate surface area is 515 Å². The zero-order valence-corrected chi connectivity index (χ0v) is 54.5. The second-order valence-corrected chi connectivity index (χ2v) is 21.4. The van der Waals surface area contributed by atoms with Gasteiger partial charge in [-0.15, -0.1) is 0 Å². The summed E-state index contributed by atoms with van der Waals surface area (Å²) < 4.78 is 0. The van der Waals surface area contributed by atoms with Crippen LogP contribution in [-0.2, 0) is 40.9 Å². The van der Waals surface area contributed by atoms with E-state index in [1.807, 2.05) is 0 Å². The molecule has 0 fully saturated rings. The minimum absolute atomic E-state index is 0. The number of aliphatic carboxylic acids is 4. The van der Waals surface area contributed by atoms with E-state index < -0.39 is 23.9 Å². The van der Waals surface area contributed by atoms with Crippen molar-refractivity contribution < 1.29 is 61.3 Å². The molecule has 0 amide bonds. The van der Waals surface area contributed by atoms with Crippen molar-refractivity contribution in [3.05, 3.63) is 97.2 Å². The standard InChI is InChI=1S/4C18H32O2.Ti/c4*1-2-3-4-5-6-7-8-9-10-11-12-13-14-15-16-17-18(19)20;/h4*6-7,9-10H,2-5,8,11-17H2,1H3,(H,19,20);/q;;;;+4/p-4/b4*7-6-,10-9-;. The van der Waals surface area contributed by atoms with Crippen LogP contribution in [0.5, 0.6) is 0 Å². The molecule has 81 heavy (non-hydrogen) atoms. The Kier molecular flexibility index (Phi) is 88.4. The van der Waals surface area contributed by atoms with Gasteiger partial charge in [-0.2, -0.15) is 0 Å². The van der Waals surface area contributed by atoms with Crippen molar-refractivity contribution in [3.63, 3.8) is 0 Å². The molecule has 8 nitrogen and oxygen atoms in total. The molecule has 0 atom stereocenters. The number of carboxylic acid groups (broad SMARTS) is 4. The van der Waals surface area contributed by atoms with Crippen LogP contribution in [0.2, 0.25) is 0 Å². The molecule has 0 aliphatic rings. The van der Waals surface area contributed by atoms with Gasteiger partial charge in [0, 0.05) is 23.9 Å². The Morgan fingerprint density at radius 1 is 0.210 bits per heavy atom. The quantitative estimate of drug-likeness (QED) is 0.0330. The van der Waals surface area contributed by atoms with Crippen LogP contribution in [0.3, 0.4) is 0 Å². The first-order valence-corrected chi connectivity index (χ1v) is 33.1. The molecule has 0 spiro atoms. The Bertz CT molecular complexity index is 1300. The largest absolute Gasteiger partial charge is 4.00 e. The summed E-state index contributed by atoms with van der Waals surface area (Å²) in [6, 6.07) is 0. The van der Waals surface area contributed by atoms with E-state index in [2.05, 4.69) is 125 Å². The van der Waals surface area contributed by atoms with Crippen LogP contribution in [0, 0.1) is 0 Å². The van der Waals surface area contributed by atoms with Gasteiger partial charge in [0.15, 0.2) is 0 Å². The SMILES string of the molecule is CCCCC/C=C\C/C=C\CCCCCCCC(=O)[O-].CCCCC/C=C\C/C=C\CCCCCCCC(=O)[O-].CCCCC/C=C\C/C=C\CCCCCCCC(=O)[O-].CCCCC/C=C\C/C=C\CCCCCCCC(=O)[O-].[Ti+4]. The van der Waals surface area contributed by atoms with E-state index in [0.29, 0.717) is 0 Å². The van der Waals surface area contributed by atoms with E-state index in [-0.39, 0.29) is 47.4 Å². The third kappa shape index (κ3) is 102. The third-order valence-electron chi connectivity index (χ3n) is 13.3. The predicted molar refractivity (Wildman–Crippen MR) is 337 cm³/mol. The summed E-state index contributed by atoms with van der Waals surface area (Å²) in [5.41, 5.74) is 0. The molecule has 0 aromatic heterocycles. The van der Waals surface area contributed by atoms with Crippen molar-refractivity contribution in [2.45, 2.75) is 336 Å². The van der Waals surface area contributed by atoms with E-state index in [9.17, 15) is 39.6 Å². The molecule has 9 heteroatoms. The van der Waals surface area contributed by atoms with Gasteiger partial charge in [-0.05, 0) is 180 Å². The number of unbranched alkanes of at least 4 members (excludes halogenated alkanes) is 32. The maximum absolute atomic E-state index is 10.2. The number of rotatable bonds is 56. The Balaban J connectivity index is -0.000000316. The fourth-order valence-corrected chi connectivity index (χ4v) is 8.32. The maximum Gasteiger partial charge on any atom is 4.00 e. The molecule has 0 N–H and O–H groups in total. The van der Waals surface area contributed by atoms with Crippen LogP contribution in [0.4, 0.5) is 0 Å². The van der Waals surface area contributed by atoms with Gasteiger partial charge in [0.2, 0.25) is 0 Å². The molecule has 0 radical (unpaired) electrons. The third-order valence-corrected chi connectivity index (χ3v) is 13.3. The van der Waals surface area contributed by atoms with Crippen molar-refractivity contribution in [1.82, 2.24) is 0 Å².